The van der Waals surface area contributed by atoms with E-state index >= 15 is 0 Å². The Labute approximate surface area is 164 Å². The van der Waals surface area contributed by atoms with Gasteiger partial charge in [0, 0.05) is 46.1 Å². The van der Waals surface area contributed by atoms with Gasteiger partial charge in [0.15, 0.2) is 0 Å². The minimum atomic E-state index is -2.93. The van der Waals surface area contributed by atoms with E-state index in [1.54, 1.807) is 45.4 Å². The van der Waals surface area contributed by atoms with Crippen molar-refractivity contribution in [1.29, 1.82) is 4.78 Å². The molecule has 4 rings (SSSR count). The van der Waals surface area contributed by atoms with Crippen LogP contribution in [0.5, 0.6) is 5.75 Å². The van der Waals surface area contributed by atoms with Crippen LogP contribution in [0.3, 0.4) is 0 Å². The van der Waals surface area contributed by atoms with Crippen LogP contribution in [0, 0.1) is 10.7 Å². The molecule has 0 amide bonds. The summed E-state index contributed by atoms with van der Waals surface area (Å²) < 4.78 is 28.9. The summed E-state index contributed by atoms with van der Waals surface area (Å²) in [6.07, 6.45) is 5.89. The van der Waals surface area contributed by atoms with Crippen molar-refractivity contribution in [3.05, 3.63) is 47.0 Å². The van der Waals surface area contributed by atoms with Crippen LogP contribution in [0.1, 0.15) is 26.7 Å². The number of nitrogens with one attached hydrogen (secondary N) is 2. The highest BCUT2D eigenvalue weighted by atomic mass is 32.2. The van der Waals surface area contributed by atoms with Crippen LogP contribution in [0.4, 0.5) is 0 Å². The fraction of sp³-hybridized carbons (Fsp3) is 0.381. The molecular formula is C21H25N3O3S. The third-order valence-corrected chi connectivity index (χ3v) is 7.60. The lowest BCUT2D eigenvalue weighted by Crippen LogP contribution is -2.17. The number of hydrogen-bond acceptors (Lipinski definition) is 4. The van der Waals surface area contributed by atoms with Crippen LogP contribution in [-0.4, -0.2) is 25.6 Å². The lowest BCUT2D eigenvalue weighted by atomic mass is 10.0. The van der Waals surface area contributed by atoms with Gasteiger partial charge in [0.25, 0.3) is 5.56 Å². The highest BCUT2D eigenvalue weighted by Crippen LogP contribution is 2.38. The van der Waals surface area contributed by atoms with Crippen molar-refractivity contribution in [3.8, 4) is 16.9 Å². The molecule has 7 heteroatoms. The largest absolute Gasteiger partial charge is 0.493 e. The Morgan fingerprint density at radius 1 is 1.29 bits per heavy atom. The minimum absolute atomic E-state index is 0.105. The number of nitrogens with zero attached hydrogens (tertiary/aromatic N) is 1. The quantitative estimate of drug-likeness (QED) is 0.653. The maximum atomic E-state index is 13.0. The summed E-state index contributed by atoms with van der Waals surface area (Å²) in [4.78, 5) is 15.9. The van der Waals surface area contributed by atoms with Crippen LogP contribution in [0.15, 0.2) is 46.3 Å². The lowest BCUT2D eigenvalue weighted by Gasteiger charge is -2.17. The fourth-order valence-corrected chi connectivity index (χ4v) is 4.39. The number of fused-ring (bicyclic) bond motifs is 1. The number of aryl methyl sites for hydroxylation is 1. The molecule has 1 atom stereocenters. The van der Waals surface area contributed by atoms with E-state index in [0.29, 0.717) is 28.7 Å². The zero-order valence-electron chi connectivity index (χ0n) is 16.3. The Hall–Kier alpha value is -2.54. The fourth-order valence-electron chi connectivity index (χ4n) is 3.28. The maximum Gasteiger partial charge on any atom is 0.274 e. The summed E-state index contributed by atoms with van der Waals surface area (Å²) in [5.74, 6) is 1.28. The smallest absolute Gasteiger partial charge is 0.274 e. The third-order valence-electron chi connectivity index (χ3n) is 5.32. The van der Waals surface area contributed by atoms with Gasteiger partial charge in [-0.25, -0.2) is 8.99 Å². The van der Waals surface area contributed by atoms with E-state index in [1.165, 1.54) is 17.4 Å². The predicted octanol–water partition coefficient (Wildman–Crippen LogP) is 4.14. The summed E-state index contributed by atoms with van der Waals surface area (Å²) >= 11 is 0. The molecule has 3 aromatic rings. The highest BCUT2D eigenvalue weighted by Gasteiger charge is 2.24. The van der Waals surface area contributed by atoms with Crippen LogP contribution < -0.4 is 10.3 Å². The summed E-state index contributed by atoms with van der Waals surface area (Å²) in [5, 5.41) is 0.489. The van der Waals surface area contributed by atoms with Crippen molar-refractivity contribution in [2.45, 2.75) is 36.8 Å². The van der Waals surface area contributed by atoms with E-state index < -0.39 is 9.73 Å². The molecule has 28 heavy (non-hydrogen) atoms. The van der Waals surface area contributed by atoms with Crippen molar-refractivity contribution in [1.82, 2.24) is 9.55 Å². The lowest BCUT2D eigenvalue weighted by molar-refractivity contribution is 0.301. The van der Waals surface area contributed by atoms with Gasteiger partial charge in [0.05, 0.1) is 16.3 Å². The molecule has 1 aliphatic carbocycles. The Morgan fingerprint density at radius 3 is 2.71 bits per heavy atom. The summed E-state index contributed by atoms with van der Waals surface area (Å²) in [5.41, 5.74) is 2.00. The van der Waals surface area contributed by atoms with Crippen molar-refractivity contribution < 1.29 is 8.95 Å². The predicted molar refractivity (Wildman–Crippen MR) is 111 cm³/mol. The molecule has 2 heterocycles. The first-order valence-electron chi connectivity index (χ1n) is 9.50. The van der Waals surface area contributed by atoms with Gasteiger partial charge in [0.1, 0.15) is 11.3 Å². The van der Waals surface area contributed by atoms with Crippen LogP contribution in [-0.2, 0) is 16.8 Å². The Morgan fingerprint density at radius 2 is 2.04 bits per heavy atom. The van der Waals surface area contributed by atoms with E-state index in [-0.39, 0.29) is 10.8 Å². The molecule has 0 aliphatic heterocycles. The number of benzene rings is 1. The average Bonchev–Trinajstić information content (AvgIpc) is 3.36. The molecule has 1 aromatic carbocycles. The molecule has 0 radical (unpaired) electrons. The number of ether oxygens (including phenoxy) is 1. The van der Waals surface area contributed by atoms with Gasteiger partial charge in [-0.05, 0) is 56.9 Å². The molecule has 0 bridgehead atoms. The number of rotatable bonds is 6. The van der Waals surface area contributed by atoms with Gasteiger partial charge in [-0.15, -0.1) is 0 Å². The Bertz CT molecular complexity index is 1200. The van der Waals surface area contributed by atoms with Crippen LogP contribution in [0.2, 0.25) is 0 Å². The number of aromatic amines is 1. The number of pyridine rings is 1. The maximum absolute atomic E-state index is 13.0. The number of hydrogen-bond donors (Lipinski definition) is 2. The SMILES string of the molecule is CC(C)S(=N)(=O)c1ccc(OCC2CC2)c(-c2cn(C)c(=O)c3[nH]ccc23)c1. The molecule has 0 saturated heterocycles. The first-order chi connectivity index (χ1) is 13.3. The van der Waals surface area contributed by atoms with Gasteiger partial charge in [0.2, 0.25) is 0 Å². The number of H-pyrrole nitrogens is 1. The van der Waals surface area contributed by atoms with E-state index in [0.717, 1.165) is 16.5 Å². The molecule has 6 nitrogen and oxygen atoms in total. The average molecular weight is 400 g/mol. The van der Waals surface area contributed by atoms with Gasteiger partial charge < -0.3 is 14.3 Å². The topological polar surface area (TPSA) is 87.9 Å². The van der Waals surface area contributed by atoms with Crippen LogP contribution in [0.25, 0.3) is 22.0 Å². The molecular weight excluding hydrogens is 374 g/mol. The molecule has 1 fully saturated rings. The minimum Gasteiger partial charge on any atom is -0.493 e. The van der Waals surface area contributed by atoms with Crippen molar-refractivity contribution >= 4 is 20.6 Å². The van der Waals surface area contributed by atoms with Gasteiger partial charge in [-0.3, -0.25) is 4.79 Å². The third kappa shape index (κ3) is 3.24. The first kappa shape index (κ1) is 18.8. The zero-order valence-corrected chi connectivity index (χ0v) is 17.1. The van der Waals surface area contributed by atoms with Gasteiger partial charge in [-0.2, -0.15) is 0 Å². The zero-order chi connectivity index (χ0) is 20.1. The second-order valence-electron chi connectivity index (χ2n) is 7.79. The van der Waals surface area contributed by atoms with E-state index in [4.69, 9.17) is 9.52 Å². The van der Waals surface area contributed by atoms with Gasteiger partial charge >= 0.3 is 0 Å². The second kappa shape index (κ2) is 6.81. The van der Waals surface area contributed by atoms with Crippen LogP contribution >= 0.6 is 0 Å². The molecule has 1 saturated carbocycles. The molecule has 148 valence electrons. The molecule has 2 N–H and O–H groups in total. The molecule has 0 spiro atoms. The summed E-state index contributed by atoms with van der Waals surface area (Å²) in [6.45, 7) is 4.24. The standard InChI is InChI=1S/C21H25N3O3S/c1-13(2)28(22,26)15-6-7-19(27-12-14-4-5-14)17(10-15)18-11-24(3)21(25)20-16(18)8-9-23-20/h6-11,13-14,22-23H,4-5,12H2,1-3H3. The first-order valence-corrected chi connectivity index (χ1v) is 11.1. The van der Waals surface area contributed by atoms with Crippen molar-refractivity contribution in [3.63, 3.8) is 0 Å². The molecule has 2 aromatic heterocycles. The monoisotopic (exact) mass is 399 g/mol. The van der Waals surface area contributed by atoms with E-state index in [1.807, 2.05) is 12.1 Å². The highest BCUT2D eigenvalue weighted by molar-refractivity contribution is 7.93. The van der Waals surface area contributed by atoms with Crippen molar-refractivity contribution in [2.24, 2.45) is 13.0 Å². The summed E-state index contributed by atoms with van der Waals surface area (Å²) in [6, 6.07) is 7.21. The van der Waals surface area contributed by atoms with Gasteiger partial charge in [-0.1, -0.05) is 0 Å². The summed E-state index contributed by atoms with van der Waals surface area (Å²) in [7, 11) is -1.22. The normalized spacial score (nSPS) is 16.4. The van der Waals surface area contributed by atoms with E-state index in [9.17, 15) is 9.00 Å². The molecule has 1 unspecified atom stereocenters. The second-order valence-corrected chi connectivity index (χ2v) is 10.4. The van der Waals surface area contributed by atoms with Crippen molar-refractivity contribution in [2.75, 3.05) is 6.61 Å². The molecule has 1 aliphatic rings. The Balaban J connectivity index is 1.94. The van der Waals surface area contributed by atoms with E-state index in [2.05, 4.69) is 4.98 Å². The number of aromatic nitrogens is 2. The Kier molecular flexibility index (Phi) is 4.57.